The Kier molecular flexibility index (Phi) is 4.27. The van der Waals surface area contributed by atoms with Gasteiger partial charge >= 0.3 is 0 Å². The van der Waals surface area contributed by atoms with E-state index in [4.69, 9.17) is 0 Å². The zero-order chi connectivity index (χ0) is 16.4. The van der Waals surface area contributed by atoms with Gasteiger partial charge in [0.25, 0.3) is 5.69 Å². The van der Waals surface area contributed by atoms with Gasteiger partial charge in [-0.3, -0.25) is 10.1 Å². The number of benzene rings is 2. The molecule has 0 heterocycles. The van der Waals surface area contributed by atoms with Crippen LogP contribution in [0.1, 0.15) is 22.7 Å². The van der Waals surface area contributed by atoms with E-state index in [9.17, 15) is 15.2 Å². The van der Waals surface area contributed by atoms with Crippen molar-refractivity contribution in [2.45, 2.75) is 25.1 Å². The highest BCUT2D eigenvalue weighted by atomic mass is 16.6. The van der Waals surface area contributed by atoms with Crippen LogP contribution in [-0.4, -0.2) is 23.2 Å². The van der Waals surface area contributed by atoms with E-state index >= 15 is 0 Å². The molecule has 0 spiro atoms. The van der Waals surface area contributed by atoms with Crippen LogP contribution in [0.4, 0.5) is 11.4 Å². The quantitative estimate of drug-likeness (QED) is 0.583. The van der Waals surface area contributed by atoms with Gasteiger partial charge in [-0.2, -0.15) is 0 Å². The second kappa shape index (κ2) is 6.36. The number of nitro groups is 1. The van der Waals surface area contributed by atoms with Crippen LogP contribution < -0.4 is 10.6 Å². The average Bonchev–Trinajstić information content (AvgIpc) is 2.88. The molecule has 0 amide bonds. The van der Waals surface area contributed by atoms with Gasteiger partial charge in [0.2, 0.25) is 0 Å². The normalized spacial score (nSPS) is 19.4. The maximum Gasteiger partial charge on any atom is 0.292 e. The molecule has 1 aliphatic carbocycles. The third-order valence-corrected chi connectivity index (χ3v) is 4.26. The van der Waals surface area contributed by atoms with Crippen LogP contribution in [0.25, 0.3) is 0 Å². The Hall–Kier alpha value is -2.44. The summed E-state index contributed by atoms with van der Waals surface area (Å²) >= 11 is 0. The first kappa shape index (κ1) is 15.5. The Morgan fingerprint density at radius 2 is 2.09 bits per heavy atom. The summed E-state index contributed by atoms with van der Waals surface area (Å²) in [6, 6.07) is 12.9. The first-order chi connectivity index (χ1) is 11.1. The number of nitrogens with zero attached hydrogens (tertiary/aromatic N) is 1. The first-order valence-corrected chi connectivity index (χ1v) is 7.54. The van der Waals surface area contributed by atoms with Crippen molar-refractivity contribution in [1.82, 2.24) is 5.32 Å². The number of aliphatic hydroxyl groups is 1. The molecule has 2 aromatic carbocycles. The fourth-order valence-corrected chi connectivity index (χ4v) is 3.10. The number of hydrogen-bond acceptors (Lipinski definition) is 5. The Balaban J connectivity index is 1.76. The molecule has 0 bridgehead atoms. The molecule has 2 atom stereocenters. The summed E-state index contributed by atoms with van der Waals surface area (Å²) in [5, 5.41) is 27.5. The van der Waals surface area contributed by atoms with Crippen molar-refractivity contribution in [2.24, 2.45) is 0 Å². The fraction of sp³-hybridized carbons (Fsp3) is 0.294. The van der Waals surface area contributed by atoms with E-state index in [1.807, 2.05) is 30.3 Å². The predicted octanol–water partition coefficient (Wildman–Crippen LogP) is 2.38. The average molecular weight is 313 g/mol. The van der Waals surface area contributed by atoms with Crippen molar-refractivity contribution in [3.8, 4) is 0 Å². The summed E-state index contributed by atoms with van der Waals surface area (Å²) in [5.74, 6) is 0. The number of aliphatic hydroxyl groups excluding tert-OH is 1. The largest absolute Gasteiger partial charge is 0.391 e. The van der Waals surface area contributed by atoms with Gasteiger partial charge in [-0.1, -0.05) is 30.3 Å². The Morgan fingerprint density at radius 1 is 1.30 bits per heavy atom. The molecule has 6 heteroatoms. The van der Waals surface area contributed by atoms with E-state index in [2.05, 4.69) is 10.6 Å². The van der Waals surface area contributed by atoms with Gasteiger partial charge < -0.3 is 15.7 Å². The molecule has 0 aliphatic heterocycles. The van der Waals surface area contributed by atoms with Gasteiger partial charge in [0, 0.05) is 26.1 Å². The van der Waals surface area contributed by atoms with Gasteiger partial charge in [0.1, 0.15) is 5.69 Å². The Bertz CT molecular complexity index is 733. The molecule has 2 aromatic rings. The molecule has 0 saturated heterocycles. The lowest BCUT2D eigenvalue weighted by Gasteiger charge is -2.18. The second-order valence-electron chi connectivity index (χ2n) is 5.69. The lowest BCUT2D eigenvalue weighted by atomic mass is 10.1. The SMILES string of the molecule is CNc1ccc(CN[C@@H]2c3ccccc3C[C@@H]2O)cc1[N+](=O)[O-]. The summed E-state index contributed by atoms with van der Waals surface area (Å²) in [4.78, 5) is 10.7. The summed E-state index contributed by atoms with van der Waals surface area (Å²) in [7, 11) is 1.66. The molecular formula is C17H19N3O3. The van der Waals surface area contributed by atoms with E-state index in [-0.39, 0.29) is 11.7 Å². The predicted molar refractivity (Wildman–Crippen MR) is 88.4 cm³/mol. The summed E-state index contributed by atoms with van der Waals surface area (Å²) < 4.78 is 0. The fourth-order valence-electron chi connectivity index (χ4n) is 3.10. The minimum Gasteiger partial charge on any atom is -0.391 e. The molecular weight excluding hydrogens is 294 g/mol. The number of anilines is 1. The Morgan fingerprint density at radius 3 is 2.83 bits per heavy atom. The van der Waals surface area contributed by atoms with Crippen LogP contribution in [0.15, 0.2) is 42.5 Å². The van der Waals surface area contributed by atoms with Crippen molar-refractivity contribution in [3.63, 3.8) is 0 Å². The number of fused-ring (bicyclic) bond motifs is 1. The molecule has 0 saturated carbocycles. The number of hydrogen-bond donors (Lipinski definition) is 3. The van der Waals surface area contributed by atoms with Gasteiger partial charge in [-0.25, -0.2) is 0 Å². The smallest absolute Gasteiger partial charge is 0.292 e. The Labute approximate surface area is 134 Å². The van der Waals surface area contributed by atoms with Crippen molar-refractivity contribution in [1.29, 1.82) is 0 Å². The minimum absolute atomic E-state index is 0.0548. The van der Waals surface area contributed by atoms with E-state index in [0.717, 1.165) is 16.7 Å². The van der Waals surface area contributed by atoms with Crippen LogP contribution >= 0.6 is 0 Å². The number of nitro benzene ring substituents is 1. The van der Waals surface area contributed by atoms with Crippen LogP contribution in [0.2, 0.25) is 0 Å². The van der Waals surface area contributed by atoms with Crippen LogP contribution in [0.3, 0.4) is 0 Å². The maximum atomic E-state index is 11.1. The summed E-state index contributed by atoms with van der Waals surface area (Å²) in [6.45, 7) is 0.459. The molecule has 0 unspecified atom stereocenters. The highest BCUT2D eigenvalue weighted by Gasteiger charge is 2.30. The van der Waals surface area contributed by atoms with Crippen LogP contribution in [0.5, 0.6) is 0 Å². The maximum absolute atomic E-state index is 11.1. The highest BCUT2D eigenvalue weighted by Crippen LogP contribution is 2.32. The first-order valence-electron chi connectivity index (χ1n) is 7.54. The summed E-state index contributed by atoms with van der Waals surface area (Å²) in [6.07, 6.45) is 0.158. The van der Waals surface area contributed by atoms with Crippen molar-refractivity contribution >= 4 is 11.4 Å². The molecule has 3 rings (SSSR count). The van der Waals surface area contributed by atoms with E-state index in [1.54, 1.807) is 19.2 Å². The lowest BCUT2D eigenvalue weighted by Crippen LogP contribution is -2.28. The highest BCUT2D eigenvalue weighted by molar-refractivity contribution is 5.62. The monoisotopic (exact) mass is 313 g/mol. The number of nitrogens with one attached hydrogen (secondary N) is 2. The molecule has 0 aromatic heterocycles. The molecule has 120 valence electrons. The van der Waals surface area contributed by atoms with Gasteiger partial charge in [-0.15, -0.1) is 0 Å². The topological polar surface area (TPSA) is 87.4 Å². The van der Waals surface area contributed by atoms with Gasteiger partial charge in [0.15, 0.2) is 0 Å². The molecule has 3 N–H and O–H groups in total. The van der Waals surface area contributed by atoms with Crippen LogP contribution in [0, 0.1) is 10.1 Å². The van der Waals surface area contributed by atoms with E-state index in [0.29, 0.717) is 18.7 Å². The second-order valence-corrected chi connectivity index (χ2v) is 5.69. The lowest BCUT2D eigenvalue weighted by molar-refractivity contribution is -0.384. The third kappa shape index (κ3) is 3.04. The molecule has 0 radical (unpaired) electrons. The van der Waals surface area contributed by atoms with E-state index in [1.165, 1.54) is 0 Å². The molecule has 0 fully saturated rings. The number of rotatable bonds is 5. The zero-order valence-electron chi connectivity index (χ0n) is 12.8. The third-order valence-electron chi connectivity index (χ3n) is 4.26. The van der Waals surface area contributed by atoms with Crippen LogP contribution in [-0.2, 0) is 13.0 Å². The standard InChI is InChI=1S/C17H19N3O3/c1-18-14-7-6-11(8-15(14)20(22)23)10-19-17-13-5-3-2-4-12(13)9-16(17)21/h2-8,16-19,21H,9-10H2,1H3/t16-,17+/m0/s1. The van der Waals surface area contributed by atoms with Gasteiger partial charge in [-0.05, 0) is 22.8 Å². The summed E-state index contributed by atoms with van der Waals surface area (Å²) in [5.41, 5.74) is 3.60. The zero-order valence-corrected chi connectivity index (χ0v) is 12.8. The minimum atomic E-state index is -0.473. The van der Waals surface area contributed by atoms with E-state index < -0.39 is 11.0 Å². The van der Waals surface area contributed by atoms with Crippen molar-refractivity contribution in [3.05, 3.63) is 69.3 Å². The molecule has 1 aliphatic rings. The van der Waals surface area contributed by atoms with Crippen molar-refractivity contribution in [2.75, 3.05) is 12.4 Å². The molecule has 6 nitrogen and oxygen atoms in total. The van der Waals surface area contributed by atoms with Crippen molar-refractivity contribution < 1.29 is 10.0 Å². The van der Waals surface area contributed by atoms with Gasteiger partial charge in [0.05, 0.1) is 17.1 Å². The molecule has 23 heavy (non-hydrogen) atoms.